The third-order valence-corrected chi connectivity index (χ3v) is 4.07. The highest BCUT2D eigenvalue weighted by Crippen LogP contribution is 2.29. The highest BCUT2D eigenvalue weighted by molar-refractivity contribution is 7.12. The largest absolute Gasteiger partial charge is 0.305 e. The van der Waals surface area contributed by atoms with Crippen molar-refractivity contribution in [3.05, 3.63) is 39.3 Å². The summed E-state index contributed by atoms with van der Waals surface area (Å²) in [5.41, 5.74) is 2.39. The second kappa shape index (κ2) is 5.67. The third kappa shape index (κ3) is 2.82. The predicted octanol–water partition coefficient (Wildman–Crippen LogP) is 3.19. The standard InChI is InChI=1S/C14H21N3S/c1-5-8-15-14(13-7-6-10(2)18-13)12-9-17(4)16-11(12)3/h6-7,9,14-15H,5,8H2,1-4H3. The molecule has 0 saturated heterocycles. The van der Waals surface area contributed by atoms with Crippen molar-refractivity contribution in [3.8, 4) is 0 Å². The minimum absolute atomic E-state index is 0.275. The van der Waals surface area contributed by atoms with Gasteiger partial charge < -0.3 is 5.32 Å². The Bertz CT molecular complexity index is 513. The molecule has 0 amide bonds. The zero-order valence-corrected chi connectivity index (χ0v) is 12.3. The number of nitrogens with one attached hydrogen (secondary N) is 1. The first-order valence-electron chi connectivity index (χ1n) is 6.41. The summed E-state index contributed by atoms with van der Waals surface area (Å²) in [4.78, 5) is 2.73. The summed E-state index contributed by atoms with van der Waals surface area (Å²) in [6.07, 6.45) is 3.26. The van der Waals surface area contributed by atoms with Crippen molar-refractivity contribution >= 4 is 11.3 Å². The molecule has 0 aliphatic rings. The Morgan fingerprint density at radius 3 is 2.67 bits per heavy atom. The first-order valence-corrected chi connectivity index (χ1v) is 7.23. The molecule has 2 aromatic rings. The van der Waals surface area contributed by atoms with Gasteiger partial charge in [-0.25, -0.2) is 0 Å². The monoisotopic (exact) mass is 263 g/mol. The van der Waals surface area contributed by atoms with Gasteiger partial charge in [0.2, 0.25) is 0 Å². The quantitative estimate of drug-likeness (QED) is 0.898. The van der Waals surface area contributed by atoms with Crippen LogP contribution in [0.25, 0.3) is 0 Å². The maximum Gasteiger partial charge on any atom is 0.0704 e. The van der Waals surface area contributed by atoms with E-state index >= 15 is 0 Å². The first-order chi connectivity index (χ1) is 8.61. The van der Waals surface area contributed by atoms with Crippen LogP contribution in [0.5, 0.6) is 0 Å². The van der Waals surface area contributed by atoms with Crippen molar-refractivity contribution in [3.63, 3.8) is 0 Å². The van der Waals surface area contributed by atoms with Crippen molar-refractivity contribution in [2.24, 2.45) is 7.05 Å². The molecule has 0 saturated carbocycles. The Kier molecular flexibility index (Phi) is 4.19. The first kappa shape index (κ1) is 13.3. The molecule has 0 radical (unpaired) electrons. The molecule has 0 aliphatic carbocycles. The molecule has 0 fully saturated rings. The van der Waals surface area contributed by atoms with Crippen LogP contribution in [0.2, 0.25) is 0 Å². The normalized spacial score (nSPS) is 12.9. The summed E-state index contributed by atoms with van der Waals surface area (Å²) < 4.78 is 1.89. The third-order valence-electron chi connectivity index (χ3n) is 3.01. The van der Waals surface area contributed by atoms with Gasteiger partial charge >= 0.3 is 0 Å². The molecule has 0 bridgehead atoms. The number of hydrogen-bond acceptors (Lipinski definition) is 3. The lowest BCUT2D eigenvalue weighted by molar-refractivity contribution is 0.603. The Morgan fingerprint density at radius 1 is 1.39 bits per heavy atom. The number of nitrogens with zero attached hydrogens (tertiary/aromatic N) is 2. The number of thiophene rings is 1. The molecule has 1 N–H and O–H groups in total. The van der Waals surface area contributed by atoms with E-state index in [-0.39, 0.29) is 6.04 Å². The molecule has 98 valence electrons. The minimum Gasteiger partial charge on any atom is -0.305 e. The summed E-state index contributed by atoms with van der Waals surface area (Å²) in [5.74, 6) is 0. The topological polar surface area (TPSA) is 29.9 Å². The summed E-state index contributed by atoms with van der Waals surface area (Å²) in [5, 5.41) is 8.08. The van der Waals surface area contributed by atoms with Gasteiger partial charge in [-0.1, -0.05) is 6.92 Å². The lowest BCUT2D eigenvalue weighted by Crippen LogP contribution is -2.22. The molecule has 1 unspecified atom stereocenters. The maximum absolute atomic E-state index is 4.45. The lowest BCUT2D eigenvalue weighted by Gasteiger charge is -2.16. The summed E-state index contributed by atoms with van der Waals surface area (Å²) in [6.45, 7) is 7.45. The van der Waals surface area contributed by atoms with Crippen LogP contribution in [0.15, 0.2) is 18.3 Å². The number of aryl methyl sites for hydroxylation is 3. The summed E-state index contributed by atoms with van der Waals surface area (Å²) >= 11 is 1.86. The Labute approximate surface area is 113 Å². The van der Waals surface area contributed by atoms with E-state index in [0.717, 1.165) is 18.7 Å². The summed E-state index contributed by atoms with van der Waals surface area (Å²) in [6, 6.07) is 4.68. The van der Waals surface area contributed by atoms with Crippen LogP contribution in [0.3, 0.4) is 0 Å². The van der Waals surface area contributed by atoms with Gasteiger partial charge in [0.05, 0.1) is 11.7 Å². The fourth-order valence-corrected chi connectivity index (χ4v) is 3.13. The number of aromatic nitrogens is 2. The van der Waals surface area contributed by atoms with Crippen LogP contribution in [0.4, 0.5) is 0 Å². The van der Waals surface area contributed by atoms with Crippen LogP contribution in [-0.2, 0) is 7.05 Å². The van der Waals surface area contributed by atoms with Gasteiger partial charge in [-0.2, -0.15) is 5.10 Å². The molecule has 1 atom stereocenters. The van der Waals surface area contributed by atoms with Crippen LogP contribution < -0.4 is 5.32 Å². The van der Waals surface area contributed by atoms with Crippen LogP contribution in [0.1, 0.15) is 40.4 Å². The minimum atomic E-state index is 0.275. The molecule has 18 heavy (non-hydrogen) atoms. The SMILES string of the molecule is CCCNC(c1ccc(C)s1)c1cn(C)nc1C. The molecule has 2 rings (SSSR count). The van der Waals surface area contributed by atoms with E-state index < -0.39 is 0 Å². The molecular weight excluding hydrogens is 242 g/mol. The van der Waals surface area contributed by atoms with Crippen molar-refractivity contribution < 1.29 is 0 Å². The number of hydrogen-bond donors (Lipinski definition) is 1. The van der Waals surface area contributed by atoms with Crippen molar-refractivity contribution in [1.29, 1.82) is 0 Å². The van der Waals surface area contributed by atoms with Gasteiger partial charge in [0.1, 0.15) is 0 Å². The van der Waals surface area contributed by atoms with Crippen molar-refractivity contribution in [2.45, 2.75) is 33.2 Å². The Hall–Kier alpha value is -1.13. The van der Waals surface area contributed by atoms with E-state index in [9.17, 15) is 0 Å². The highest BCUT2D eigenvalue weighted by Gasteiger charge is 2.19. The predicted molar refractivity (Wildman–Crippen MR) is 77.1 cm³/mol. The smallest absolute Gasteiger partial charge is 0.0704 e. The van der Waals surface area contributed by atoms with E-state index in [0.29, 0.717) is 0 Å². The molecule has 4 heteroatoms. The fraction of sp³-hybridized carbons (Fsp3) is 0.500. The van der Waals surface area contributed by atoms with E-state index in [1.165, 1.54) is 15.3 Å². The average molecular weight is 263 g/mol. The van der Waals surface area contributed by atoms with Gasteiger partial charge in [0.15, 0.2) is 0 Å². The molecule has 2 aromatic heterocycles. The van der Waals surface area contributed by atoms with Gasteiger partial charge in [-0.3, -0.25) is 4.68 Å². The van der Waals surface area contributed by atoms with E-state index in [4.69, 9.17) is 0 Å². The molecule has 0 spiro atoms. The molecule has 0 aromatic carbocycles. The molecule has 3 nitrogen and oxygen atoms in total. The Balaban J connectivity index is 2.33. The lowest BCUT2D eigenvalue weighted by atomic mass is 10.1. The van der Waals surface area contributed by atoms with E-state index in [1.54, 1.807) is 0 Å². The molecule has 0 aliphatic heterocycles. The average Bonchev–Trinajstić information content (AvgIpc) is 2.87. The Morgan fingerprint density at radius 2 is 2.17 bits per heavy atom. The molecule has 2 heterocycles. The maximum atomic E-state index is 4.45. The van der Waals surface area contributed by atoms with E-state index in [1.807, 2.05) is 23.1 Å². The van der Waals surface area contributed by atoms with Crippen LogP contribution in [-0.4, -0.2) is 16.3 Å². The summed E-state index contributed by atoms with van der Waals surface area (Å²) in [7, 11) is 1.98. The van der Waals surface area contributed by atoms with Crippen LogP contribution >= 0.6 is 11.3 Å². The van der Waals surface area contributed by atoms with Gasteiger partial charge in [0, 0.05) is 28.6 Å². The number of rotatable bonds is 5. The zero-order valence-electron chi connectivity index (χ0n) is 11.5. The van der Waals surface area contributed by atoms with E-state index in [2.05, 4.69) is 49.5 Å². The second-order valence-corrected chi connectivity index (χ2v) is 6.00. The van der Waals surface area contributed by atoms with Crippen LogP contribution in [0, 0.1) is 13.8 Å². The van der Waals surface area contributed by atoms with Gasteiger partial charge in [-0.05, 0) is 38.9 Å². The van der Waals surface area contributed by atoms with Gasteiger partial charge in [-0.15, -0.1) is 11.3 Å². The zero-order chi connectivity index (χ0) is 13.1. The molecular formula is C14H21N3S. The van der Waals surface area contributed by atoms with Gasteiger partial charge in [0.25, 0.3) is 0 Å². The van der Waals surface area contributed by atoms with Crippen molar-refractivity contribution in [1.82, 2.24) is 15.1 Å². The van der Waals surface area contributed by atoms with Crippen molar-refractivity contribution in [2.75, 3.05) is 6.54 Å². The fourth-order valence-electron chi connectivity index (χ4n) is 2.16. The highest BCUT2D eigenvalue weighted by atomic mass is 32.1. The second-order valence-electron chi connectivity index (χ2n) is 4.68.